The van der Waals surface area contributed by atoms with Gasteiger partial charge in [0, 0.05) is 12.5 Å². The number of allylic oxidation sites excluding steroid dienone is 1. The fourth-order valence-electron chi connectivity index (χ4n) is 4.86. The molecule has 0 aromatic heterocycles. The molecule has 5 atom stereocenters. The molecule has 2 saturated carbocycles. The number of hydrogen-bond donors (Lipinski definition) is 0. The van der Waals surface area contributed by atoms with Crippen LogP contribution in [0.25, 0.3) is 0 Å². The van der Waals surface area contributed by atoms with Gasteiger partial charge < -0.3 is 9.64 Å². The van der Waals surface area contributed by atoms with Gasteiger partial charge in [-0.15, -0.1) is 0 Å². The zero-order valence-corrected chi connectivity index (χ0v) is 13.0. The number of fused-ring (bicyclic) bond motifs is 2. The maximum absolute atomic E-state index is 12.2. The van der Waals surface area contributed by atoms with Crippen molar-refractivity contribution in [3.05, 3.63) is 12.2 Å². The molecule has 3 fully saturated rings. The summed E-state index contributed by atoms with van der Waals surface area (Å²) in [5.41, 5.74) is 1.73. The van der Waals surface area contributed by atoms with Crippen molar-refractivity contribution >= 4 is 5.97 Å². The van der Waals surface area contributed by atoms with E-state index in [4.69, 9.17) is 4.74 Å². The van der Waals surface area contributed by atoms with E-state index in [1.54, 1.807) is 0 Å². The fourth-order valence-corrected chi connectivity index (χ4v) is 4.86. The number of hydrogen-bond acceptors (Lipinski definition) is 3. The van der Waals surface area contributed by atoms with Crippen molar-refractivity contribution < 1.29 is 9.53 Å². The van der Waals surface area contributed by atoms with Crippen molar-refractivity contribution in [2.75, 3.05) is 20.6 Å². The van der Waals surface area contributed by atoms with Gasteiger partial charge >= 0.3 is 5.97 Å². The Kier molecular flexibility index (Phi) is 3.44. The Morgan fingerprint density at radius 3 is 2.90 bits per heavy atom. The Balaban J connectivity index is 1.82. The van der Waals surface area contributed by atoms with Gasteiger partial charge in [0.05, 0.1) is 5.92 Å². The van der Waals surface area contributed by atoms with E-state index in [0.29, 0.717) is 17.3 Å². The molecule has 112 valence electrons. The topological polar surface area (TPSA) is 29.5 Å². The molecule has 3 aliphatic rings. The van der Waals surface area contributed by atoms with Gasteiger partial charge in [0.25, 0.3) is 0 Å². The van der Waals surface area contributed by atoms with Crippen LogP contribution >= 0.6 is 0 Å². The summed E-state index contributed by atoms with van der Waals surface area (Å²) in [7, 11) is 4.07. The molecule has 0 unspecified atom stereocenters. The zero-order chi connectivity index (χ0) is 14.5. The highest BCUT2D eigenvalue weighted by atomic mass is 16.6. The predicted octanol–water partition coefficient (Wildman–Crippen LogP) is 2.86. The van der Waals surface area contributed by atoms with E-state index in [1.165, 1.54) is 24.8 Å². The summed E-state index contributed by atoms with van der Waals surface area (Å²) in [5, 5.41) is 0. The van der Waals surface area contributed by atoms with E-state index in [1.807, 2.05) is 14.1 Å². The summed E-state index contributed by atoms with van der Waals surface area (Å²) in [6, 6.07) is 0. The van der Waals surface area contributed by atoms with Crippen molar-refractivity contribution in [1.29, 1.82) is 0 Å². The maximum Gasteiger partial charge on any atom is 0.310 e. The highest BCUT2D eigenvalue weighted by molar-refractivity contribution is 5.75. The first-order chi connectivity index (χ1) is 9.40. The molecule has 3 heteroatoms. The van der Waals surface area contributed by atoms with Crippen LogP contribution in [0.15, 0.2) is 12.2 Å². The minimum absolute atomic E-state index is 0.0292. The van der Waals surface area contributed by atoms with Crippen molar-refractivity contribution in [1.82, 2.24) is 4.90 Å². The molecule has 3 rings (SSSR count). The van der Waals surface area contributed by atoms with Crippen LogP contribution in [0.4, 0.5) is 0 Å². The van der Waals surface area contributed by atoms with Gasteiger partial charge in [-0.05, 0) is 57.5 Å². The normalized spacial score (nSPS) is 44.2. The van der Waals surface area contributed by atoms with Crippen LogP contribution in [0.5, 0.6) is 0 Å². The average molecular weight is 277 g/mol. The number of rotatable bonds is 2. The van der Waals surface area contributed by atoms with Crippen LogP contribution in [0.2, 0.25) is 0 Å². The van der Waals surface area contributed by atoms with E-state index in [2.05, 4.69) is 18.4 Å². The molecule has 20 heavy (non-hydrogen) atoms. The SMILES string of the molecule is C=C1CCC[C@@]2(C)C[C@@H]3OC(=O)[C@@H](CN(C)C)[C@@H]3C[C@@H]12. The van der Waals surface area contributed by atoms with E-state index in [0.717, 1.165) is 19.4 Å². The van der Waals surface area contributed by atoms with Gasteiger partial charge in [-0.25, -0.2) is 0 Å². The Labute approximate surface area is 122 Å². The zero-order valence-electron chi connectivity index (χ0n) is 13.0. The first-order valence-corrected chi connectivity index (χ1v) is 7.93. The number of carbonyl (C=O) groups is 1. The van der Waals surface area contributed by atoms with E-state index in [-0.39, 0.29) is 18.0 Å². The van der Waals surface area contributed by atoms with Crippen LogP contribution in [-0.2, 0) is 9.53 Å². The highest BCUT2D eigenvalue weighted by Crippen LogP contribution is 2.56. The molecular weight excluding hydrogens is 250 g/mol. The summed E-state index contributed by atoms with van der Waals surface area (Å²) in [5.74, 6) is 1.09. The van der Waals surface area contributed by atoms with Gasteiger partial charge in [-0.2, -0.15) is 0 Å². The van der Waals surface area contributed by atoms with Gasteiger partial charge in [-0.3, -0.25) is 4.79 Å². The molecule has 0 bridgehead atoms. The monoisotopic (exact) mass is 277 g/mol. The van der Waals surface area contributed by atoms with Gasteiger partial charge in [0.2, 0.25) is 0 Å². The fraction of sp³-hybridized carbons (Fsp3) is 0.824. The Morgan fingerprint density at radius 2 is 2.20 bits per heavy atom. The van der Waals surface area contributed by atoms with Crippen molar-refractivity contribution in [2.24, 2.45) is 23.2 Å². The van der Waals surface area contributed by atoms with Gasteiger partial charge in [0.15, 0.2) is 0 Å². The summed E-state index contributed by atoms with van der Waals surface area (Å²) < 4.78 is 5.73. The molecule has 1 saturated heterocycles. The first-order valence-electron chi connectivity index (χ1n) is 7.93. The van der Waals surface area contributed by atoms with Gasteiger partial charge in [-0.1, -0.05) is 19.1 Å². The summed E-state index contributed by atoms with van der Waals surface area (Å²) in [6.45, 7) is 7.52. The molecule has 2 aliphatic carbocycles. The molecular formula is C17H27NO2. The van der Waals surface area contributed by atoms with Crippen LogP contribution in [0, 0.1) is 23.2 Å². The van der Waals surface area contributed by atoms with Crippen LogP contribution in [0.3, 0.4) is 0 Å². The molecule has 0 aromatic carbocycles. The second-order valence-electron chi connectivity index (χ2n) is 7.67. The molecule has 1 heterocycles. The standard InChI is InChI=1S/C17H27NO2/c1-11-6-5-7-17(2)9-15-12(8-14(11)17)13(10-18(3)4)16(19)20-15/h12-15H,1,5-10H2,2-4H3/t12-,13-,14-,15-,17-/m0/s1. The second-order valence-corrected chi connectivity index (χ2v) is 7.67. The maximum atomic E-state index is 12.2. The van der Waals surface area contributed by atoms with Gasteiger partial charge in [0.1, 0.15) is 6.10 Å². The van der Waals surface area contributed by atoms with E-state index >= 15 is 0 Å². The average Bonchev–Trinajstić information content (AvgIpc) is 2.62. The number of nitrogens with zero attached hydrogens (tertiary/aromatic N) is 1. The van der Waals surface area contributed by atoms with Crippen molar-refractivity contribution in [2.45, 2.75) is 45.1 Å². The smallest absolute Gasteiger partial charge is 0.310 e. The summed E-state index contributed by atoms with van der Waals surface area (Å²) in [6.07, 6.45) is 5.97. The molecule has 0 spiro atoms. The predicted molar refractivity (Wildman–Crippen MR) is 79.2 cm³/mol. The Bertz CT molecular complexity index is 431. The lowest BCUT2D eigenvalue weighted by molar-refractivity contribution is -0.146. The van der Waals surface area contributed by atoms with Crippen LogP contribution in [-0.4, -0.2) is 37.6 Å². The Morgan fingerprint density at radius 1 is 1.45 bits per heavy atom. The third kappa shape index (κ3) is 2.20. The lowest BCUT2D eigenvalue weighted by Crippen LogP contribution is -2.45. The third-order valence-electron chi connectivity index (χ3n) is 5.88. The minimum atomic E-state index is 0.0292. The third-order valence-corrected chi connectivity index (χ3v) is 5.88. The van der Waals surface area contributed by atoms with Crippen LogP contribution < -0.4 is 0 Å². The van der Waals surface area contributed by atoms with Crippen LogP contribution in [0.1, 0.15) is 39.0 Å². The number of esters is 1. The molecule has 0 aromatic rings. The Hall–Kier alpha value is -0.830. The molecule has 0 radical (unpaired) electrons. The first kappa shape index (κ1) is 14.1. The van der Waals surface area contributed by atoms with Crippen molar-refractivity contribution in [3.8, 4) is 0 Å². The summed E-state index contributed by atoms with van der Waals surface area (Å²) >= 11 is 0. The van der Waals surface area contributed by atoms with E-state index in [9.17, 15) is 4.79 Å². The molecule has 0 N–H and O–H groups in total. The number of ether oxygens (including phenoxy) is 1. The van der Waals surface area contributed by atoms with E-state index < -0.39 is 0 Å². The van der Waals surface area contributed by atoms with Crippen molar-refractivity contribution in [3.63, 3.8) is 0 Å². The minimum Gasteiger partial charge on any atom is -0.462 e. The number of carbonyl (C=O) groups excluding carboxylic acids is 1. The summed E-state index contributed by atoms with van der Waals surface area (Å²) in [4.78, 5) is 14.3. The molecule has 0 amide bonds. The lowest BCUT2D eigenvalue weighted by Gasteiger charge is -2.50. The second kappa shape index (κ2) is 4.87. The highest BCUT2D eigenvalue weighted by Gasteiger charge is 2.54. The molecule has 3 nitrogen and oxygen atoms in total. The molecule has 1 aliphatic heterocycles. The largest absolute Gasteiger partial charge is 0.462 e. The lowest BCUT2D eigenvalue weighted by atomic mass is 9.55. The quantitative estimate of drug-likeness (QED) is 0.574.